The SMILES string of the molecule is CC12CC(O)C3C(CCC4CC(O)CCC43C)C1=CCC2C1=CC(=O)OC1. The molecule has 5 rings (SSSR count). The number of esters is 1. The Hall–Kier alpha value is -1.13. The number of ether oxygens (including phenoxy) is 1. The zero-order valence-electron chi connectivity index (χ0n) is 16.5. The highest BCUT2D eigenvalue weighted by atomic mass is 16.5. The maximum Gasteiger partial charge on any atom is 0.331 e. The molecule has 0 radical (unpaired) electrons. The highest BCUT2D eigenvalue weighted by Crippen LogP contribution is 2.66. The van der Waals surface area contributed by atoms with Gasteiger partial charge in [-0.15, -0.1) is 0 Å². The van der Waals surface area contributed by atoms with Crippen LogP contribution in [0.5, 0.6) is 0 Å². The van der Waals surface area contributed by atoms with Crippen molar-refractivity contribution in [2.24, 2.45) is 34.5 Å². The van der Waals surface area contributed by atoms with E-state index in [0.29, 0.717) is 24.4 Å². The summed E-state index contributed by atoms with van der Waals surface area (Å²) in [5, 5.41) is 21.6. The van der Waals surface area contributed by atoms with E-state index in [1.807, 2.05) is 0 Å². The van der Waals surface area contributed by atoms with Gasteiger partial charge in [-0.05, 0) is 85.0 Å². The van der Waals surface area contributed by atoms with Gasteiger partial charge in [0.2, 0.25) is 0 Å². The second-order valence-corrected chi connectivity index (χ2v) is 10.3. The van der Waals surface area contributed by atoms with Gasteiger partial charge in [0, 0.05) is 6.08 Å². The summed E-state index contributed by atoms with van der Waals surface area (Å²) < 4.78 is 5.19. The summed E-state index contributed by atoms with van der Waals surface area (Å²) in [6, 6.07) is 0. The van der Waals surface area contributed by atoms with Crippen molar-refractivity contribution in [2.45, 2.75) is 71.0 Å². The zero-order chi connectivity index (χ0) is 19.0. The van der Waals surface area contributed by atoms with Crippen molar-refractivity contribution < 1.29 is 19.7 Å². The first-order valence-corrected chi connectivity index (χ1v) is 10.8. The molecule has 4 nitrogen and oxygen atoms in total. The van der Waals surface area contributed by atoms with Crippen molar-refractivity contribution in [1.82, 2.24) is 0 Å². The molecule has 8 unspecified atom stereocenters. The van der Waals surface area contributed by atoms with E-state index < -0.39 is 0 Å². The van der Waals surface area contributed by atoms with Gasteiger partial charge in [0.05, 0.1) is 12.2 Å². The van der Waals surface area contributed by atoms with Crippen molar-refractivity contribution in [2.75, 3.05) is 6.61 Å². The van der Waals surface area contributed by atoms with Gasteiger partial charge in [0.15, 0.2) is 0 Å². The van der Waals surface area contributed by atoms with E-state index in [1.54, 1.807) is 6.08 Å². The molecule has 0 aromatic carbocycles. The average molecular weight is 373 g/mol. The first-order chi connectivity index (χ1) is 12.8. The molecule has 0 bridgehead atoms. The number of aliphatic hydroxyl groups excluding tert-OH is 2. The monoisotopic (exact) mass is 372 g/mol. The molecule has 5 aliphatic rings. The molecule has 0 aromatic heterocycles. The molecule has 148 valence electrons. The van der Waals surface area contributed by atoms with Crippen molar-refractivity contribution in [3.63, 3.8) is 0 Å². The molecule has 3 saturated carbocycles. The highest BCUT2D eigenvalue weighted by Gasteiger charge is 2.61. The predicted octanol–water partition coefficient (Wildman–Crippen LogP) is 3.38. The van der Waals surface area contributed by atoms with E-state index in [0.717, 1.165) is 50.5 Å². The minimum Gasteiger partial charge on any atom is -0.458 e. The van der Waals surface area contributed by atoms with E-state index in [4.69, 9.17) is 4.74 Å². The van der Waals surface area contributed by atoms with Crippen molar-refractivity contribution in [1.29, 1.82) is 0 Å². The van der Waals surface area contributed by atoms with E-state index in [1.165, 1.54) is 5.57 Å². The van der Waals surface area contributed by atoms with Crippen LogP contribution in [0.15, 0.2) is 23.3 Å². The molecule has 0 spiro atoms. The van der Waals surface area contributed by atoms with Gasteiger partial charge in [-0.1, -0.05) is 25.5 Å². The molecule has 0 aromatic rings. The number of carbonyl (C=O) groups is 1. The van der Waals surface area contributed by atoms with Gasteiger partial charge in [-0.25, -0.2) is 4.79 Å². The second kappa shape index (κ2) is 5.93. The Morgan fingerprint density at radius 1 is 1.19 bits per heavy atom. The molecular formula is C23H32O4. The lowest BCUT2D eigenvalue weighted by atomic mass is 9.45. The third-order valence-electron chi connectivity index (χ3n) is 9.11. The fourth-order valence-electron chi connectivity index (χ4n) is 7.85. The molecule has 8 atom stereocenters. The predicted molar refractivity (Wildman–Crippen MR) is 102 cm³/mol. The van der Waals surface area contributed by atoms with Gasteiger partial charge in [-0.3, -0.25) is 0 Å². The number of carbonyl (C=O) groups excluding carboxylic acids is 1. The average Bonchev–Trinajstić information content (AvgIpc) is 3.17. The Kier molecular flexibility index (Phi) is 3.94. The second-order valence-electron chi connectivity index (χ2n) is 10.3. The normalized spacial score (nSPS) is 51.6. The minimum absolute atomic E-state index is 0.0578. The van der Waals surface area contributed by atoms with Crippen LogP contribution in [0.25, 0.3) is 0 Å². The molecule has 1 heterocycles. The van der Waals surface area contributed by atoms with Crippen LogP contribution in [0.2, 0.25) is 0 Å². The molecule has 0 saturated heterocycles. The van der Waals surface area contributed by atoms with E-state index in [2.05, 4.69) is 19.9 Å². The quantitative estimate of drug-likeness (QED) is 0.547. The van der Waals surface area contributed by atoms with Crippen molar-refractivity contribution >= 4 is 5.97 Å². The fraction of sp³-hybridized carbons (Fsp3) is 0.783. The van der Waals surface area contributed by atoms with Crippen molar-refractivity contribution in [3.05, 3.63) is 23.3 Å². The highest BCUT2D eigenvalue weighted by molar-refractivity contribution is 5.85. The van der Waals surface area contributed by atoms with E-state index in [9.17, 15) is 15.0 Å². The molecule has 27 heavy (non-hydrogen) atoms. The lowest BCUT2D eigenvalue weighted by Crippen LogP contribution is -2.57. The maximum absolute atomic E-state index is 11.6. The smallest absolute Gasteiger partial charge is 0.331 e. The number of cyclic esters (lactones) is 1. The summed E-state index contributed by atoms with van der Waals surface area (Å²) in [6.07, 6.45) is 10.5. The van der Waals surface area contributed by atoms with Crippen LogP contribution in [-0.4, -0.2) is 35.0 Å². The van der Waals surface area contributed by atoms with Crippen LogP contribution < -0.4 is 0 Å². The Morgan fingerprint density at radius 3 is 2.74 bits per heavy atom. The third-order valence-corrected chi connectivity index (χ3v) is 9.11. The Balaban J connectivity index is 1.48. The van der Waals surface area contributed by atoms with Gasteiger partial charge >= 0.3 is 5.97 Å². The molecule has 3 fully saturated rings. The van der Waals surface area contributed by atoms with Gasteiger partial charge in [0.1, 0.15) is 6.61 Å². The lowest BCUT2D eigenvalue weighted by molar-refractivity contribution is -0.136. The molecule has 2 N–H and O–H groups in total. The Bertz CT molecular complexity index is 724. The molecular weight excluding hydrogens is 340 g/mol. The number of fused-ring (bicyclic) bond motifs is 5. The summed E-state index contributed by atoms with van der Waals surface area (Å²) in [7, 11) is 0. The van der Waals surface area contributed by atoms with Gasteiger partial charge < -0.3 is 14.9 Å². The van der Waals surface area contributed by atoms with Crippen molar-refractivity contribution in [3.8, 4) is 0 Å². The number of hydrogen-bond acceptors (Lipinski definition) is 4. The lowest BCUT2D eigenvalue weighted by Gasteiger charge is -2.61. The molecule has 1 aliphatic heterocycles. The summed E-state index contributed by atoms with van der Waals surface area (Å²) in [6.45, 7) is 5.10. The van der Waals surface area contributed by atoms with Gasteiger partial charge in [0.25, 0.3) is 0 Å². The fourth-order valence-corrected chi connectivity index (χ4v) is 7.85. The first kappa shape index (κ1) is 17.9. The Morgan fingerprint density at radius 2 is 2.00 bits per heavy atom. The van der Waals surface area contributed by atoms with E-state index >= 15 is 0 Å². The van der Waals surface area contributed by atoms with Crippen LogP contribution >= 0.6 is 0 Å². The molecule has 4 aliphatic carbocycles. The van der Waals surface area contributed by atoms with Gasteiger partial charge in [-0.2, -0.15) is 0 Å². The number of rotatable bonds is 1. The first-order valence-electron chi connectivity index (χ1n) is 10.8. The Labute approximate surface area is 161 Å². The van der Waals surface area contributed by atoms with E-state index in [-0.39, 0.29) is 34.9 Å². The summed E-state index contributed by atoms with van der Waals surface area (Å²) in [5.74, 6) is 1.34. The van der Waals surface area contributed by atoms with Crippen LogP contribution in [0.1, 0.15) is 58.8 Å². The van der Waals surface area contributed by atoms with Crippen LogP contribution in [0, 0.1) is 34.5 Å². The summed E-state index contributed by atoms with van der Waals surface area (Å²) >= 11 is 0. The molecule has 0 amide bonds. The van der Waals surface area contributed by atoms with Crippen LogP contribution in [0.4, 0.5) is 0 Å². The number of hydrogen-bond donors (Lipinski definition) is 2. The number of allylic oxidation sites excluding steroid dienone is 2. The zero-order valence-corrected chi connectivity index (χ0v) is 16.5. The summed E-state index contributed by atoms with van der Waals surface area (Å²) in [5.41, 5.74) is 2.72. The standard InChI is InChI=1S/C23H32O4/c1-22-8-7-15(24)10-14(22)3-4-16-18-6-5-17(13-9-20(26)27-12-13)23(18,2)11-19(25)21(16)22/h6,9,14-17,19,21,24-25H,3-5,7-8,10-12H2,1-2H3. The summed E-state index contributed by atoms with van der Waals surface area (Å²) in [4.78, 5) is 11.6. The largest absolute Gasteiger partial charge is 0.458 e. The number of aliphatic hydroxyl groups is 2. The molecule has 4 heteroatoms. The van der Waals surface area contributed by atoms with Crippen LogP contribution in [-0.2, 0) is 9.53 Å². The maximum atomic E-state index is 11.6. The topological polar surface area (TPSA) is 66.8 Å². The van der Waals surface area contributed by atoms with Crippen LogP contribution in [0.3, 0.4) is 0 Å². The minimum atomic E-state index is -0.306. The third kappa shape index (κ3) is 2.45.